The SMILES string of the molecule is CCCN(Cc1nccn1C)C(=O)NCC[C@H]1CCCOC1. The summed E-state index contributed by atoms with van der Waals surface area (Å²) in [5.41, 5.74) is 0. The van der Waals surface area contributed by atoms with Crippen LogP contribution in [-0.4, -0.2) is 46.8 Å². The first kappa shape index (κ1) is 16.8. The van der Waals surface area contributed by atoms with Gasteiger partial charge in [0.25, 0.3) is 0 Å². The molecule has 2 heterocycles. The maximum atomic E-state index is 12.4. The van der Waals surface area contributed by atoms with Crippen LogP contribution < -0.4 is 5.32 Å². The molecule has 1 aliphatic heterocycles. The maximum Gasteiger partial charge on any atom is 0.317 e. The lowest BCUT2D eigenvalue weighted by atomic mass is 9.99. The molecule has 6 heteroatoms. The maximum absolute atomic E-state index is 12.4. The molecule has 1 aromatic heterocycles. The van der Waals surface area contributed by atoms with E-state index in [1.54, 1.807) is 6.20 Å². The number of imidazole rings is 1. The first-order valence-electron chi connectivity index (χ1n) is 8.27. The van der Waals surface area contributed by atoms with E-state index in [1.165, 1.54) is 6.42 Å². The van der Waals surface area contributed by atoms with Gasteiger partial charge in [-0.1, -0.05) is 6.92 Å². The first-order valence-corrected chi connectivity index (χ1v) is 8.27. The van der Waals surface area contributed by atoms with Gasteiger partial charge in [0.1, 0.15) is 5.82 Å². The van der Waals surface area contributed by atoms with Gasteiger partial charge in [0.2, 0.25) is 0 Å². The molecule has 0 bridgehead atoms. The molecule has 124 valence electrons. The van der Waals surface area contributed by atoms with Crippen LogP contribution >= 0.6 is 0 Å². The molecule has 1 aliphatic rings. The fraction of sp³-hybridized carbons (Fsp3) is 0.750. The summed E-state index contributed by atoms with van der Waals surface area (Å²) in [6.07, 6.45) is 7.95. The van der Waals surface area contributed by atoms with Gasteiger partial charge >= 0.3 is 6.03 Å². The Morgan fingerprint density at radius 3 is 3.09 bits per heavy atom. The first-order chi connectivity index (χ1) is 10.7. The van der Waals surface area contributed by atoms with Gasteiger partial charge in [0, 0.05) is 45.7 Å². The van der Waals surface area contributed by atoms with Crippen molar-refractivity contribution in [2.45, 2.75) is 39.2 Å². The number of carbonyl (C=O) groups is 1. The van der Waals surface area contributed by atoms with Crippen LogP contribution in [0, 0.1) is 5.92 Å². The summed E-state index contributed by atoms with van der Waals surface area (Å²) in [7, 11) is 1.95. The molecule has 1 fully saturated rings. The highest BCUT2D eigenvalue weighted by Gasteiger charge is 2.17. The fourth-order valence-corrected chi connectivity index (χ4v) is 2.77. The van der Waals surface area contributed by atoms with Crippen molar-refractivity contribution in [3.63, 3.8) is 0 Å². The van der Waals surface area contributed by atoms with E-state index in [0.29, 0.717) is 19.0 Å². The smallest absolute Gasteiger partial charge is 0.317 e. The molecule has 0 saturated carbocycles. The zero-order chi connectivity index (χ0) is 15.8. The van der Waals surface area contributed by atoms with Gasteiger partial charge in [-0.3, -0.25) is 0 Å². The highest BCUT2D eigenvalue weighted by molar-refractivity contribution is 5.74. The van der Waals surface area contributed by atoms with E-state index in [0.717, 1.165) is 44.8 Å². The van der Waals surface area contributed by atoms with Gasteiger partial charge in [-0.25, -0.2) is 9.78 Å². The summed E-state index contributed by atoms with van der Waals surface area (Å²) < 4.78 is 7.43. The summed E-state index contributed by atoms with van der Waals surface area (Å²) in [6.45, 7) is 5.81. The number of amides is 2. The van der Waals surface area contributed by atoms with E-state index < -0.39 is 0 Å². The fourth-order valence-electron chi connectivity index (χ4n) is 2.77. The van der Waals surface area contributed by atoms with E-state index in [1.807, 2.05) is 22.7 Å². The van der Waals surface area contributed by atoms with Gasteiger partial charge in [0.05, 0.1) is 6.54 Å². The lowest BCUT2D eigenvalue weighted by Crippen LogP contribution is -2.41. The van der Waals surface area contributed by atoms with E-state index in [-0.39, 0.29) is 6.03 Å². The van der Waals surface area contributed by atoms with Gasteiger partial charge in [-0.2, -0.15) is 0 Å². The quantitative estimate of drug-likeness (QED) is 0.839. The zero-order valence-electron chi connectivity index (χ0n) is 13.8. The molecule has 2 amide bonds. The Morgan fingerprint density at radius 1 is 1.59 bits per heavy atom. The minimum absolute atomic E-state index is 0.00146. The predicted molar refractivity (Wildman–Crippen MR) is 85.5 cm³/mol. The van der Waals surface area contributed by atoms with Crippen molar-refractivity contribution in [1.82, 2.24) is 19.8 Å². The molecule has 0 radical (unpaired) electrons. The van der Waals surface area contributed by atoms with E-state index in [9.17, 15) is 4.79 Å². The van der Waals surface area contributed by atoms with E-state index in [4.69, 9.17) is 4.74 Å². The number of ether oxygens (including phenoxy) is 1. The van der Waals surface area contributed by atoms with Crippen molar-refractivity contribution < 1.29 is 9.53 Å². The average Bonchev–Trinajstić information content (AvgIpc) is 2.93. The molecular formula is C16H28N4O2. The summed E-state index contributed by atoms with van der Waals surface area (Å²) in [6, 6.07) is 0.00146. The normalized spacial score (nSPS) is 18.2. The standard InChI is InChI=1S/C16H28N4O2/c1-3-9-20(12-15-17-8-10-19(15)2)16(21)18-7-6-14-5-4-11-22-13-14/h8,10,14H,3-7,9,11-13H2,1-2H3,(H,18,21)/t14-/m1/s1. The Balaban J connectivity index is 1.77. The lowest BCUT2D eigenvalue weighted by molar-refractivity contribution is 0.0518. The Morgan fingerprint density at radius 2 is 2.45 bits per heavy atom. The third-order valence-electron chi connectivity index (χ3n) is 4.12. The molecule has 6 nitrogen and oxygen atoms in total. The zero-order valence-corrected chi connectivity index (χ0v) is 13.8. The number of nitrogens with one attached hydrogen (secondary N) is 1. The third-order valence-corrected chi connectivity index (χ3v) is 4.12. The van der Waals surface area contributed by atoms with Crippen molar-refractivity contribution in [3.05, 3.63) is 18.2 Å². The van der Waals surface area contributed by atoms with Crippen molar-refractivity contribution in [2.24, 2.45) is 13.0 Å². The molecule has 2 rings (SSSR count). The molecule has 0 aromatic carbocycles. The number of urea groups is 1. The topological polar surface area (TPSA) is 59.4 Å². The molecule has 22 heavy (non-hydrogen) atoms. The van der Waals surface area contributed by atoms with Crippen LogP contribution in [0.3, 0.4) is 0 Å². The Bertz CT molecular complexity index is 455. The number of hydrogen-bond donors (Lipinski definition) is 1. The van der Waals surface area contributed by atoms with E-state index in [2.05, 4.69) is 17.2 Å². The van der Waals surface area contributed by atoms with Crippen LogP contribution in [0.25, 0.3) is 0 Å². The van der Waals surface area contributed by atoms with Crippen LogP contribution in [0.4, 0.5) is 4.79 Å². The summed E-state index contributed by atoms with van der Waals surface area (Å²) in [5, 5.41) is 3.04. The highest BCUT2D eigenvalue weighted by Crippen LogP contribution is 2.16. The molecule has 1 atom stereocenters. The second-order valence-electron chi connectivity index (χ2n) is 5.98. The van der Waals surface area contributed by atoms with Crippen molar-refractivity contribution in [3.8, 4) is 0 Å². The van der Waals surface area contributed by atoms with E-state index >= 15 is 0 Å². The van der Waals surface area contributed by atoms with Crippen LogP contribution in [0.15, 0.2) is 12.4 Å². The Hall–Kier alpha value is -1.56. The lowest BCUT2D eigenvalue weighted by Gasteiger charge is -2.24. The Labute approximate surface area is 132 Å². The predicted octanol–water partition coefficient (Wildman–Crippen LogP) is 2.16. The molecule has 0 spiro atoms. The summed E-state index contributed by atoms with van der Waals surface area (Å²) in [5.74, 6) is 1.49. The molecule has 0 aliphatic carbocycles. The largest absolute Gasteiger partial charge is 0.381 e. The highest BCUT2D eigenvalue weighted by atomic mass is 16.5. The Kier molecular flexibility index (Phi) is 6.71. The summed E-state index contributed by atoms with van der Waals surface area (Å²) >= 11 is 0. The molecule has 1 N–H and O–H groups in total. The minimum atomic E-state index is 0.00146. The van der Waals surface area contributed by atoms with Gasteiger partial charge < -0.3 is 19.5 Å². The second-order valence-corrected chi connectivity index (χ2v) is 5.98. The summed E-state index contributed by atoms with van der Waals surface area (Å²) in [4.78, 5) is 18.5. The number of hydrogen-bond acceptors (Lipinski definition) is 3. The van der Waals surface area contributed by atoms with Gasteiger partial charge in [0.15, 0.2) is 0 Å². The van der Waals surface area contributed by atoms with Crippen LogP contribution in [0.2, 0.25) is 0 Å². The van der Waals surface area contributed by atoms with Crippen molar-refractivity contribution in [2.75, 3.05) is 26.3 Å². The number of rotatable bonds is 7. The second kappa shape index (κ2) is 8.78. The third kappa shape index (κ3) is 5.02. The number of nitrogens with zero attached hydrogens (tertiary/aromatic N) is 3. The minimum Gasteiger partial charge on any atom is -0.381 e. The van der Waals surface area contributed by atoms with Gasteiger partial charge in [-0.15, -0.1) is 0 Å². The molecule has 1 aromatic rings. The number of aromatic nitrogens is 2. The molecule has 1 saturated heterocycles. The number of carbonyl (C=O) groups excluding carboxylic acids is 1. The van der Waals surface area contributed by atoms with Crippen molar-refractivity contribution in [1.29, 1.82) is 0 Å². The van der Waals surface area contributed by atoms with Crippen LogP contribution in [0.1, 0.15) is 38.4 Å². The van der Waals surface area contributed by atoms with Crippen LogP contribution in [0.5, 0.6) is 0 Å². The monoisotopic (exact) mass is 308 g/mol. The van der Waals surface area contributed by atoms with Crippen molar-refractivity contribution >= 4 is 6.03 Å². The average molecular weight is 308 g/mol. The molecular weight excluding hydrogens is 280 g/mol. The molecule has 0 unspecified atom stereocenters. The van der Waals surface area contributed by atoms with Crippen LogP contribution in [-0.2, 0) is 18.3 Å². The number of aryl methyl sites for hydroxylation is 1. The van der Waals surface area contributed by atoms with Gasteiger partial charge in [-0.05, 0) is 31.6 Å².